The molecule has 1 aromatic rings. The maximum absolute atomic E-state index is 9.72. The van der Waals surface area contributed by atoms with Crippen LogP contribution in [0.4, 0.5) is 0 Å². The van der Waals surface area contributed by atoms with E-state index >= 15 is 0 Å². The molecule has 0 heterocycles. The van der Waals surface area contributed by atoms with E-state index in [1.807, 2.05) is 25.1 Å². The van der Waals surface area contributed by atoms with Crippen LogP contribution in [0.2, 0.25) is 5.02 Å². The molecule has 0 aliphatic rings. The zero-order valence-corrected chi connectivity index (χ0v) is 9.00. The average molecular weight is 215 g/mol. The number of halogens is 1. The van der Waals surface area contributed by atoms with Gasteiger partial charge in [0.1, 0.15) is 6.10 Å². The standard InChI is InChI=1S/C11H15ClO2/c1-2-7-14-8-11(13)9-5-3-4-6-10(9)12/h3-6,11,13H,2,7-8H2,1H3. The van der Waals surface area contributed by atoms with Gasteiger partial charge >= 0.3 is 0 Å². The Kier molecular flexibility index (Phi) is 4.94. The van der Waals surface area contributed by atoms with E-state index < -0.39 is 6.10 Å². The Morgan fingerprint density at radius 2 is 2.14 bits per heavy atom. The number of aliphatic hydroxyl groups is 1. The van der Waals surface area contributed by atoms with Crippen LogP contribution >= 0.6 is 11.6 Å². The molecular formula is C11H15ClO2. The second-order valence-electron chi connectivity index (χ2n) is 3.11. The third-order valence-corrected chi connectivity index (χ3v) is 2.23. The van der Waals surface area contributed by atoms with Gasteiger partial charge in [-0.2, -0.15) is 0 Å². The molecule has 78 valence electrons. The molecule has 0 bridgehead atoms. The minimum Gasteiger partial charge on any atom is -0.386 e. The maximum Gasteiger partial charge on any atom is 0.104 e. The molecule has 0 amide bonds. The quantitative estimate of drug-likeness (QED) is 0.764. The van der Waals surface area contributed by atoms with Crippen molar-refractivity contribution in [1.29, 1.82) is 0 Å². The lowest BCUT2D eigenvalue weighted by molar-refractivity contribution is 0.0364. The molecule has 14 heavy (non-hydrogen) atoms. The first-order valence-corrected chi connectivity index (χ1v) is 5.13. The number of hydrogen-bond donors (Lipinski definition) is 1. The fourth-order valence-electron chi connectivity index (χ4n) is 1.17. The fraction of sp³-hybridized carbons (Fsp3) is 0.455. The summed E-state index contributed by atoms with van der Waals surface area (Å²) in [5.41, 5.74) is 0.727. The fourth-order valence-corrected chi connectivity index (χ4v) is 1.44. The Balaban J connectivity index is 2.51. The van der Waals surface area contributed by atoms with Gasteiger partial charge in [0, 0.05) is 17.2 Å². The van der Waals surface area contributed by atoms with Crippen LogP contribution in [0.1, 0.15) is 25.0 Å². The molecule has 0 saturated heterocycles. The van der Waals surface area contributed by atoms with E-state index in [4.69, 9.17) is 16.3 Å². The Morgan fingerprint density at radius 1 is 1.43 bits per heavy atom. The molecule has 0 spiro atoms. The molecule has 3 heteroatoms. The van der Waals surface area contributed by atoms with Crippen LogP contribution in [0.15, 0.2) is 24.3 Å². The smallest absolute Gasteiger partial charge is 0.104 e. The third kappa shape index (κ3) is 3.29. The molecule has 2 nitrogen and oxygen atoms in total. The van der Waals surface area contributed by atoms with Crippen molar-refractivity contribution in [3.8, 4) is 0 Å². The van der Waals surface area contributed by atoms with Gasteiger partial charge in [-0.15, -0.1) is 0 Å². The lowest BCUT2D eigenvalue weighted by atomic mass is 10.1. The lowest BCUT2D eigenvalue weighted by Gasteiger charge is -2.12. The predicted octanol–water partition coefficient (Wildman–Crippen LogP) is 2.80. The van der Waals surface area contributed by atoms with E-state index in [0.717, 1.165) is 12.0 Å². The summed E-state index contributed by atoms with van der Waals surface area (Å²) in [7, 11) is 0. The summed E-state index contributed by atoms with van der Waals surface area (Å²) in [4.78, 5) is 0. The Hall–Kier alpha value is -0.570. The Morgan fingerprint density at radius 3 is 2.79 bits per heavy atom. The van der Waals surface area contributed by atoms with Crippen LogP contribution in [0.25, 0.3) is 0 Å². The third-order valence-electron chi connectivity index (χ3n) is 1.89. The first-order chi connectivity index (χ1) is 6.75. The van der Waals surface area contributed by atoms with Gasteiger partial charge < -0.3 is 9.84 Å². The number of ether oxygens (including phenoxy) is 1. The summed E-state index contributed by atoms with van der Waals surface area (Å²) in [6, 6.07) is 7.26. The van der Waals surface area contributed by atoms with Crippen molar-refractivity contribution in [2.75, 3.05) is 13.2 Å². The first kappa shape index (κ1) is 11.5. The van der Waals surface area contributed by atoms with E-state index in [-0.39, 0.29) is 0 Å². The molecule has 1 aromatic carbocycles. The SMILES string of the molecule is CCCOCC(O)c1ccccc1Cl. The van der Waals surface area contributed by atoms with Gasteiger partial charge in [0.25, 0.3) is 0 Å². The highest BCUT2D eigenvalue weighted by Crippen LogP contribution is 2.22. The highest BCUT2D eigenvalue weighted by molar-refractivity contribution is 6.31. The molecular weight excluding hydrogens is 200 g/mol. The molecule has 1 N–H and O–H groups in total. The number of benzene rings is 1. The van der Waals surface area contributed by atoms with Gasteiger partial charge in [-0.1, -0.05) is 36.7 Å². The normalized spacial score (nSPS) is 12.8. The topological polar surface area (TPSA) is 29.5 Å². The second kappa shape index (κ2) is 6.02. The monoisotopic (exact) mass is 214 g/mol. The van der Waals surface area contributed by atoms with Crippen molar-refractivity contribution in [3.05, 3.63) is 34.9 Å². The lowest BCUT2D eigenvalue weighted by Crippen LogP contribution is -2.08. The molecule has 0 fully saturated rings. The van der Waals surface area contributed by atoms with Crippen LogP contribution in [0.5, 0.6) is 0 Å². The highest BCUT2D eigenvalue weighted by Gasteiger charge is 2.10. The van der Waals surface area contributed by atoms with Crippen LogP contribution < -0.4 is 0 Å². The molecule has 0 saturated carbocycles. The largest absolute Gasteiger partial charge is 0.386 e. The Labute approximate surface area is 89.5 Å². The molecule has 0 aliphatic carbocycles. The molecule has 0 aromatic heterocycles. The van der Waals surface area contributed by atoms with Gasteiger partial charge in [-0.3, -0.25) is 0 Å². The summed E-state index contributed by atoms with van der Waals surface area (Å²) in [6.45, 7) is 3.00. The van der Waals surface area contributed by atoms with E-state index in [0.29, 0.717) is 18.2 Å². The highest BCUT2D eigenvalue weighted by atomic mass is 35.5. The zero-order valence-electron chi connectivity index (χ0n) is 8.24. The second-order valence-corrected chi connectivity index (χ2v) is 3.52. The summed E-state index contributed by atoms with van der Waals surface area (Å²) in [5, 5.41) is 10.3. The van der Waals surface area contributed by atoms with Crippen molar-refractivity contribution in [3.63, 3.8) is 0 Å². The zero-order chi connectivity index (χ0) is 10.4. The van der Waals surface area contributed by atoms with E-state index in [1.54, 1.807) is 6.07 Å². The van der Waals surface area contributed by atoms with Crippen molar-refractivity contribution < 1.29 is 9.84 Å². The van der Waals surface area contributed by atoms with Crippen molar-refractivity contribution >= 4 is 11.6 Å². The summed E-state index contributed by atoms with van der Waals surface area (Å²) in [6.07, 6.45) is 0.324. The molecule has 1 rings (SSSR count). The average Bonchev–Trinajstić information content (AvgIpc) is 2.18. The van der Waals surface area contributed by atoms with E-state index in [9.17, 15) is 5.11 Å². The van der Waals surface area contributed by atoms with Crippen LogP contribution in [-0.4, -0.2) is 18.3 Å². The van der Waals surface area contributed by atoms with Crippen LogP contribution in [0, 0.1) is 0 Å². The van der Waals surface area contributed by atoms with Crippen molar-refractivity contribution in [2.24, 2.45) is 0 Å². The summed E-state index contributed by atoms with van der Waals surface area (Å²) in [5.74, 6) is 0. The van der Waals surface area contributed by atoms with Gasteiger partial charge in [0.15, 0.2) is 0 Å². The predicted molar refractivity (Wildman–Crippen MR) is 57.5 cm³/mol. The van der Waals surface area contributed by atoms with Crippen LogP contribution in [0.3, 0.4) is 0 Å². The molecule has 1 unspecified atom stereocenters. The van der Waals surface area contributed by atoms with Gasteiger partial charge in [-0.05, 0) is 12.5 Å². The summed E-state index contributed by atoms with van der Waals surface area (Å²) < 4.78 is 5.25. The number of aliphatic hydroxyl groups excluding tert-OH is 1. The summed E-state index contributed by atoms with van der Waals surface area (Å²) >= 11 is 5.92. The number of hydrogen-bond acceptors (Lipinski definition) is 2. The van der Waals surface area contributed by atoms with Crippen molar-refractivity contribution in [1.82, 2.24) is 0 Å². The molecule has 0 radical (unpaired) electrons. The van der Waals surface area contributed by atoms with Gasteiger partial charge in [0.2, 0.25) is 0 Å². The minimum absolute atomic E-state index is 0.303. The van der Waals surface area contributed by atoms with Gasteiger partial charge in [0.05, 0.1) is 6.61 Å². The van der Waals surface area contributed by atoms with Crippen LogP contribution in [-0.2, 0) is 4.74 Å². The number of rotatable bonds is 5. The van der Waals surface area contributed by atoms with E-state index in [1.165, 1.54) is 0 Å². The maximum atomic E-state index is 9.72. The Bertz CT molecular complexity index is 276. The molecule has 0 aliphatic heterocycles. The van der Waals surface area contributed by atoms with Crippen molar-refractivity contribution in [2.45, 2.75) is 19.4 Å². The first-order valence-electron chi connectivity index (χ1n) is 4.76. The van der Waals surface area contributed by atoms with E-state index in [2.05, 4.69) is 0 Å². The minimum atomic E-state index is -0.629. The molecule has 1 atom stereocenters. The van der Waals surface area contributed by atoms with Gasteiger partial charge in [-0.25, -0.2) is 0 Å².